The van der Waals surface area contributed by atoms with Gasteiger partial charge >= 0.3 is 0 Å². The lowest BCUT2D eigenvalue weighted by atomic mass is 10.2. The van der Waals surface area contributed by atoms with Gasteiger partial charge in [-0.25, -0.2) is 14.4 Å². The molecule has 5 aromatic rings. The number of halogens is 2. The largest absolute Gasteiger partial charge is 0.455 e. The number of imidazole rings is 2. The Balaban J connectivity index is 0.000000168. The van der Waals surface area contributed by atoms with E-state index in [0.717, 1.165) is 15.7 Å². The van der Waals surface area contributed by atoms with E-state index in [2.05, 4.69) is 25.9 Å². The lowest BCUT2D eigenvalue weighted by molar-refractivity contribution is 0.470. The van der Waals surface area contributed by atoms with E-state index in [9.17, 15) is 4.39 Å². The second kappa shape index (κ2) is 8.03. The van der Waals surface area contributed by atoms with Gasteiger partial charge in [-0.15, -0.1) is 0 Å². The minimum Gasteiger partial charge on any atom is -0.455 e. The van der Waals surface area contributed by atoms with Gasteiger partial charge < -0.3 is 25.0 Å². The number of aromatic nitrogens is 4. The highest BCUT2D eigenvalue weighted by Crippen LogP contribution is 2.28. The highest BCUT2D eigenvalue weighted by Gasteiger charge is 2.07. The third-order valence-electron chi connectivity index (χ3n) is 4.35. The van der Waals surface area contributed by atoms with Crippen molar-refractivity contribution in [2.75, 3.05) is 11.5 Å². The first kappa shape index (κ1) is 19.7. The van der Waals surface area contributed by atoms with Gasteiger partial charge in [-0.05, 0) is 40.5 Å². The van der Waals surface area contributed by atoms with Crippen LogP contribution in [0.3, 0.4) is 0 Å². The van der Waals surface area contributed by atoms with Gasteiger partial charge in [0.15, 0.2) is 11.3 Å². The van der Waals surface area contributed by atoms with E-state index in [-0.39, 0.29) is 5.82 Å². The normalized spacial score (nSPS) is 10.8. The number of anilines is 2. The summed E-state index contributed by atoms with van der Waals surface area (Å²) in [6, 6.07) is 7.93. The summed E-state index contributed by atoms with van der Waals surface area (Å²) in [5.41, 5.74) is 15.1. The molecule has 4 N–H and O–H groups in total. The Bertz CT molecular complexity index is 1350. The minimum absolute atomic E-state index is 0.336. The van der Waals surface area contributed by atoms with Crippen molar-refractivity contribution in [3.05, 3.63) is 83.4 Å². The number of nitrogens with zero attached hydrogens (tertiary/aromatic N) is 4. The van der Waals surface area contributed by atoms with Crippen molar-refractivity contribution >= 4 is 38.6 Å². The van der Waals surface area contributed by atoms with Crippen molar-refractivity contribution in [1.82, 2.24) is 18.8 Å². The quantitative estimate of drug-likeness (QED) is 0.386. The summed E-state index contributed by atoms with van der Waals surface area (Å²) in [6.07, 6.45) is 10.7. The van der Waals surface area contributed by atoms with Gasteiger partial charge in [-0.3, -0.25) is 0 Å². The Morgan fingerprint density at radius 1 is 0.933 bits per heavy atom. The Morgan fingerprint density at radius 3 is 2.27 bits per heavy atom. The van der Waals surface area contributed by atoms with Gasteiger partial charge in [-0.2, -0.15) is 0 Å². The predicted molar refractivity (Wildman–Crippen MR) is 118 cm³/mol. The van der Waals surface area contributed by atoms with Crippen LogP contribution in [0.1, 0.15) is 5.56 Å². The van der Waals surface area contributed by atoms with E-state index < -0.39 is 0 Å². The molecular formula is C21H18BrFN6O. The predicted octanol–water partition coefficient (Wildman–Crippen LogP) is 4.84. The van der Waals surface area contributed by atoms with Crippen molar-refractivity contribution in [2.24, 2.45) is 0 Å². The van der Waals surface area contributed by atoms with Crippen LogP contribution in [0.5, 0.6) is 11.5 Å². The van der Waals surface area contributed by atoms with Gasteiger partial charge in [0, 0.05) is 47.6 Å². The zero-order valence-corrected chi connectivity index (χ0v) is 17.5. The second-order valence-electron chi connectivity index (χ2n) is 6.57. The zero-order valence-electron chi connectivity index (χ0n) is 16.0. The third kappa shape index (κ3) is 4.06. The van der Waals surface area contributed by atoms with Gasteiger partial charge in [0.25, 0.3) is 0 Å². The Morgan fingerprint density at radius 2 is 1.57 bits per heavy atom. The van der Waals surface area contributed by atoms with E-state index in [0.29, 0.717) is 28.5 Å². The summed E-state index contributed by atoms with van der Waals surface area (Å²) < 4.78 is 23.5. The molecule has 5 rings (SSSR count). The van der Waals surface area contributed by atoms with Gasteiger partial charge in [0.1, 0.15) is 17.3 Å². The Kier molecular flexibility index (Phi) is 5.28. The van der Waals surface area contributed by atoms with Crippen LogP contribution in [0.4, 0.5) is 15.8 Å². The summed E-state index contributed by atoms with van der Waals surface area (Å²) in [5, 5.41) is 0. The Hall–Kier alpha value is -3.59. The Labute approximate surface area is 179 Å². The highest BCUT2D eigenvalue weighted by molar-refractivity contribution is 9.10. The zero-order chi connectivity index (χ0) is 21.3. The molecule has 0 aliphatic heterocycles. The highest BCUT2D eigenvalue weighted by atomic mass is 79.9. The number of ether oxygens (including phenoxy) is 1. The number of benzene rings is 1. The van der Waals surface area contributed by atoms with Crippen molar-refractivity contribution < 1.29 is 9.13 Å². The molecule has 4 heterocycles. The maximum absolute atomic E-state index is 13.2. The van der Waals surface area contributed by atoms with Crippen molar-refractivity contribution in [2.45, 2.75) is 6.92 Å². The smallest absolute Gasteiger partial charge is 0.160 e. The van der Waals surface area contributed by atoms with Crippen LogP contribution < -0.4 is 16.2 Å². The first-order valence-electron chi connectivity index (χ1n) is 8.94. The fourth-order valence-electron chi connectivity index (χ4n) is 2.92. The van der Waals surface area contributed by atoms with E-state index >= 15 is 0 Å². The summed E-state index contributed by atoms with van der Waals surface area (Å²) in [7, 11) is 0. The molecule has 0 spiro atoms. The lowest BCUT2D eigenvalue weighted by Gasteiger charge is -2.10. The SMILES string of the molecule is Cc1ccc(F)cc1Oc1cc(N)c2nccn2c1.Nc1cc(Br)cn2ccnc12. The van der Waals surface area contributed by atoms with Crippen LogP contribution in [-0.4, -0.2) is 18.8 Å². The van der Waals surface area contributed by atoms with Gasteiger partial charge in [0.05, 0.1) is 17.6 Å². The standard InChI is InChI=1S/C14H12FN3O.C7H6BrN3/c1-9-2-3-10(15)6-13(9)19-11-7-12(16)14-17-4-5-18(14)8-11;8-5-3-6(9)7-10-1-2-11(7)4-5/h2-8H,16H2,1H3;1-4H,9H2. The summed E-state index contributed by atoms with van der Waals surface area (Å²) >= 11 is 3.34. The van der Waals surface area contributed by atoms with Crippen LogP contribution in [0.25, 0.3) is 11.3 Å². The molecule has 0 saturated heterocycles. The van der Waals surface area contributed by atoms with Crippen molar-refractivity contribution in [1.29, 1.82) is 0 Å². The minimum atomic E-state index is -0.336. The summed E-state index contributed by atoms with van der Waals surface area (Å²) in [5.74, 6) is 0.674. The third-order valence-corrected chi connectivity index (χ3v) is 4.79. The number of nitrogens with two attached hydrogens (primary N) is 2. The molecule has 7 nitrogen and oxygen atoms in total. The van der Waals surface area contributed by atoms with E-state index in [1.807, 2.05) is 29.8 Å². The van der Waals surface area contributed by atoms with E-state index in [1.165, 1.54) is 12.1 Å². The number of nitrogen functional groups attached to an aromatic ring is 2. The molecule has 30 heavy (non-hydrogen) atoms. The number of rotatable bonds is 2. The number of pyridine rings is 2. The lowest BCUT2D eigenvalue weighted by Crippen LogP contribution is -1.96. The van der Waals surface area contributed by atoms with Crippen molar-refractivity contribution in [3.63, 3.8) is 0 Å². The fourth-order valence-corrected chi connectivity index (χ4v) is 3.39. The topological polar surface area (TPSA) is 95.9 Å². The summed E-state index contributed by atoms with van der Waals surface area (Å²) in [6.45, 7) is 1.86. The molecule has 0 amide bonds. The molecule has 4 aromatic heterocycles. The molecule has 1 aromatic carbocycles. The monoisotopic (exact) mass is 468 g/mol. The van der Waals surface area contributed by atoms with Gasteiger partial charge in [0.2, 0.25) is 0 Å². The van der Waals surface area contributed by atoms with Crippen molar-refractivity contribution in [3.8, 4) is 11.5 Å². The molecule has 0 radical (unpaired) electrons. The number of hydrogen-bond acceptors (Lipinski definition) is 5. The molecule has 9 heteroatoms. The molecule has 0 atom stereocenters. The molecule has 0 aliphatic rings. The first-order valence-corrected chi connectivity index (χ1v) is 9.74. The molecule has 0 aliphatic carbocycles. The maximum Gasteiger partial charge on any atom is 0.160 e. The second-order valence-corrected chi connectivity index (χ2v) is 7.49. The number of aryl methyl sites for hydroxylation is 1. The molecular weight excluding hydrogens is 451 g/mol. The van der Waals surface area contributed by atoms with Crippen LogP contribution in [-0.2, 0) is 0 Å². The van der Waals surface area contributed by atoms with E-state index in [4.69, 9.17) is 16.2 Å². The molecule has 0 saturated carbocycles. The average molecular weight is 469 g/mol. The van der Waals surface area contributed by atoms with E-state index in [1.54, 1.807) is 41.3 Å². The van der Waals surface area contributed by atoms with Crippen LogP contribution in [0, 0.1) is 12.7 Å². The molecule has 0 fully saturated rings. The molecule has 152 valence electrons. The fraction of sp³-hybridized carbons (Fsp3) is 0.0476. The van der Waals surface area contributed by atoms with Crippen LogP contribution in [0.15, 0.2) is 72.0 Å². The number of hydrogen-bond donors (Lipinski definition) is 2. The first-order chi connectivity index (χ1) is 14.4. The number of fused-ring (bicyclic) bond motifs is 2. The maximum atomic E-state index is 13.2. The van der Waals surface area contributed by atoms with Crippen LogP contribution in [0.2, 0.25) is 0 Å². The summed E-state index contributed by atoms with van der Waals surface area (Å²) in [4.78, 5) is 8.20. The average Bonchev–Trinajstić information content (AvgIpc) is 3.35. The molecule has 0 bridgehead atoms. The van der Waals surface area contributed by atoms with Crippen LogP contribution >= 0.6 is 15.9 Å². The van der Waals surface area contributed by atoms with Gasteiger partial charge in [-0.1, -0.05) is 6.07 Å². The molecule has 0 unspecified atom stereocenters.